The molecule has 1 unspecified atom stereocenters. The minimum absolute atomic E-state index is 0.247. The van der Waals surface area contributed by atoms with Gasteiger partial charge in [-0.3, -0.25) is 0 Å². The summed E-state index contributed by atoms with van der Waals surface area (Å²) in [6.07, 6.45) is -1.40. The maximum absolute atomic E-state index is 9.79. The average Bonchev–Trinajstić information content (AvgIpc) is 1.82. The van der Waals surface area contributed by atoms with Gasteiger partial charge in [0.25, 0.3) is 0 Å². The van der Waals surface area contributed by atoms with Crippen molar-refractivity contribution in [2.75, 3.05) is 6.61 Å². The molecule has 4 heteroatoms. The molecule has 9 heavy (non-hydrogen) atoms. The lowest BCUT2D eigenvalue weighted by Gasteiger charge is -2.08. The first kappa shape index (κ1) is 8.23. The van der Waals surface area contributed by atoms with Crippen molar-refractivity contribution in [2.45, 2.75) is 19.4 Å². The van der Waals surface area contributed by atoms with Gasteiger partial charge in [0.1, 0.15) is 6.10 Å². The first-order chi connectivity index (χ1) is 4.20. The van der Waals surface area contributed by atoms with Gasteiger partial charge in [-0.15, -0.1) is 0 Å². The van der Waals surface area contributed by atoms with Gasteiger partial charge in [-0.05, 0) is 6.42 Å². The van der Waals surface area contributed by atoms with Gasteiger partial charge in [0, 0.05) is 0 Å². The van der Waals surface area contributed by atoms with E-state index in [4.69, 9.17) is 10.2 Å². The zero-order chi connectivity index (χ0) is 7.28. The minimum Gasteiger partial charge on any atom is -0.450 e. The van der Waals surface area contributed by atoms with Crippen LogP contribution in [0.15, 0.2) is 0 Å². The zero-order valence-corrected chi connectivity index (χ0v) is 5.20. The molecule has 1 atom stereocenters. The highest BCUT2D eigenvalue weighted by Crippen LogP contribution is 1.95. The SMILES string of the molecule is CCC(CO)OC(=O)O. The van der Waals surface area contributed by atoms with E-state index < -0.39 is 12.3 Å². The molecule has 0 aliphatic carbocycles. The Morgan fingerprint density at radius 1 is 1.78 bits per heavy atom. The third-order valence-electron chi connectivity index (χ3n) is 0.926. The van der Waals surface area contributed by atoms with Gasteiger partial charge in [-0.1, -0.05) is 6.92 Å². The number of hydrogen-bond acceptors (Lipinski definition) is 3. The molecule has 0 radical (unpaired) electrons. The molecule has 0 aromatic heterocycles. The number of carboxylic acid groups (broad SMARTS) is 1. The molecular weight excluding hydrogens is 124 g/mol. The number of rotatable bonds is 3. The van der Waals surface area contributed by atoms with E-state index in [2.05, 4.69) is 4.74 Å². The van der Waals surface area contributed by atoms with E-state index in [1.165, 1.54) is 0 Å². The number of aliphatic hydroxyl groups excluding tert-OH is 1. The van der Waals surface area contributed by atoms with Crippen molar-refractivity contribution < 1.29 is 19.7 Å². The van der Waals surface area contributed by atoms with Crippen LogP contribution in [0.25, 0.3) is 0 Å². The van der Waals surface area contributed by atoms with Crippen molar-refractivity contribution in [3.63, 3.8) is 0 Å². The molecule has 0 bridgehead atoms. The maximum atomic E-state index is 9.79. The monoisotopic (exact) mass is 134 g/mol. The predicted octanol–water partition coefficient (Wildman–Crippen LogP) is 0.452. The fraction of sp³-hybridized carbons (Fsp3) is 0.800. The Balaban J connectivity index is 3.43. The highest BCUT2D eigenvalue weighted by molar-refractivity contribution is 5.57. The Labute approximate surface area is 53.1 Å². The molecule has 0 fully saturated rings. The molecule has 54 valence electrons. The smallest absolute Gasteiger partial charge is 0.450 e. The van der Waals surface area contributed by atoms with Crippen LogP contribution >= 0.6 is 0 Å². The maximum Gasteiger partial charge on any atom is 0.506 e. The second kappa shape index (κ2) is 4.14. The topological polar surface area (TPSA) is 66.8 Å². The van der Waals surface area contributed by atoms with Gasteiger partial charge < -0.3 is 14.9 Å². The lowest BCUT2D eigenvalue weighted by Crippen LogP contribution is -2.19. The Bertz CT molecular complexity index is 87.0. The molecule has 0 rings (SSSR count). The van der Waals surface area contributed by atoms with Crippen molar-refractivity contribution in [1.29, 1.82) is 0 Å². The summed E-state index contributed by atoms with van der Waals surface area (Å²) in [5.41, 5.74) is 0. The summed E-state index contributed by atoms with van der Waals surface area (Å²) in [7, 11) is 0. The van der Waals surface area contributed by atoms with Crippen LogP contribution in [0.4, 0.5) is 4.79 Å². The number of hydrogen-bond donors (Lipinski definition) is 2. The predicted molar refractivity (Wildman–Crippen MR) is 30.3 cm³/mol. The van der Waals surface area contributed by atoms with Crippen LogP contribution in [0.1, 0.15) is 13.3 Å². The van der Waals surface area contributed by atoms with Crippen molar-refractivity contribution in [3.05, 3.63) is 0 Å². The summed E-state index contributed by atoms with van der Waals surface area (Å²) in [5.74, 6) is 0. The molecule has 0 spiro atoms. The van der Waals surface area contributed by atoms with Crippen LogP contribution in [0, 0.1) is 0 Å². The molecule has 0 aliphatic heterocycles. The Morgan fingerprint density at radius 2 is 2.33 bits per heavy atom. The third kappa shape index (κ3) is 3.78. The lowest BCUT2D eigenvalue weighted by molar-refractivity contribution is 0.0226. The van der Waals surface area contributed by atoms with Crippen molar-refractivity contribution in [2.24, 2.45) is 0 Å². The summed E-state index contributed by atoms with van der Waals surface area (Å²) >= 11 is 0. The Morgan fingerprint density at radius 3 is 2.44 bits per heavy atom. The van der Waals surface area contributed by atoms with E-state index in [1.54, 1.807) is 6.92 Å². The van der Waals surface area contributed by atoms with Crippen molar-refractivity contribution in [1.82, 2.24) is 0 Å². The molecule has 4 nitrogen and oxygen atoms in total. The Hall–Kier alpha value is -0.770. The molecular formula is C5H10O4. The Kier molecular flexibility index (Phi) is 3.79. The van der Waals surface area contributed by atoms with Gasteiger partial charge in [0.15, 0.2) is 0 Å². The number of aliphatic hydroxyl groups is 1. The largest absolute Gasteiger partial charge is 0.506 e. The summed E-state index contributed by atoms with van der Waals surface area (Å²) in [6.45, 7) is 1.49. The van der Waals surface area contributed by atoms with E-state index in [9.17, 15) is 4.79 Å². The van der Waals surface area contributed by atoms with Crippen LogP contribution in [0.5, 0.6) is 0 Å². The van der Waals surface area contributed by atoms with Crippen LogP contribution in [-0.2, 0) is 4.74 Å². The summed E-state index contributed by atoms with van der Waals surface area (Å²) in [5, 5.41) is 16.4. The number of ether oxygens (including phenoxy) is 1. The van der Waals surface area contributed by atoms with Gasteiger partial charge in [-0.25, -0.2) is 4.79 Å². The zero-order valence-electron chi connectivity index (χ0n) is 5.20. The normalized spacial score (nSPS) is 12.7. The third-order valence-corrected chi connectivity index (χ3v) is 0.926. The minimum atomic E-state index is -1.34. The van der Waals surface area contributed by atoms with E-state index >= 15 is 0 Å². The number of carbonyl (C=O) groups is 1. The van der Waals surface area contributed by atoms with Gasteiger partial charge >= 0.3 is 6.16 Å². The second-order valence-electron chi connectivity index (χ2n) is 1.60. The fourth-order valence-electron chi connectivity index (χ4n) is 0.392. The van der Waals surface area contributed by atoms with Gasteiger partial charge in [0.2, 0.25) is 0 Å². The molecule has 0 saturated carbocycles. The van der Waals surface area contributed by atoms with Crippen molar-refractivity contribution in [3.8, 4) is 0 Å². The quantitative estimate of drug-likeness (QED) is 0.550. The highest BCUT2D eigenvalue weighted by Gasteiger charge is 2.07. The second-order valence-corrected chi connectivity index (χ2v) is 1.60. The molecule has 0 heterocycles. The van der Waals surface area contributed by atoms with Crippen LogP contribution in [-0.4, -0.2) is 29.1 Å². The first-order valence-electron chi connectivity index (χ1n) is 2.71. The molecule has 0 aromatic rings. The van der Waals surface area contributed by atoms with Gasteiger partial charge in [0.05, 0.1) is 6.61 Å². The summed E-state index contributed by atoms with van der Waals surface area (Å²) < 4.78 is 4.22. The van der Waals surface area contributed by atoms with E-state index in [0.29, 0.717) is 6.42 Å². The van der Waals surface area contributed by atoms with Gasteiger partial charge in [-0.2, -0.15) is 0 Å². The molecule has 0 amide bonds. The van der Waals surface area contributed by atoms with Crippen LogP contribution < -0.4 is 0 Å². The summed E-state index contributed by atoms with van der Waals surface area (Å²) in [6, 6.07) is 0. The van der Waals surface area contributed by atoms with Crippen molar-refractivity contribution >= 4 is 6.16 Å². The van der Waals surface area contributed by atoms with E-state index in [1.807, 2.05) is 0 Å². The average molecular weight is 134 g/mol. The lowest BCUT2D eigenvalue weighted by atomic mass is 10.3. The molecule has 2 N–H and O–H groups in total. The van der Waals surface area contributed by atoms with E-state index in [0.717, 1.165) is 0 Å². The first-order valence-corrected chi connectivity index (χ1v) is 2.71. The van der Waals surface area contributed by atoms with Crippen LogP contribution in [0.2, 0.25) is 0 Å². The molecule has 0 aromatic carbocycles. The standard InChI is InChI=1S/C5H10O4/c1-2-4(3-6)9-5(7)8/h4,6H,2-3H2,1H3,(H,7,8). The molecule has 0 saturated heterocycles. The fourth-order valence-corrected chi connectivity index (χ4v) is 0.392. The van der Waals surface area contributed by atoms with Crippen LogP contribution in [0.3, 0.4) is 0 Å². The molecule has 0 aliphatic rings. The summed E-state index contributed by atoms with van der Waals surface area (Å²) in [4.78, 5) is 9.79. The highest BCUT2D eigenvalue weighted by atomic mass is 16.7. The van der Waals surface area contributed by atoms with E-state index in [-0.39, 0.29) is 6.61 Å².